The lowest BCUT2D eigenvalue weighted by atomic mass is 9.85. The molecule has 0 fully saturated rings. The van der Waals surface area contributed by atoms with Crippen molar-refractivity contribution in [2.24, 2.45) is 0 Å². The number of carbonyl (C=O) groups excluding carboxylic acids is 1. The summed E-state index contributed by atoms with van der Waals surface area (Å²) in [6.45, 7) is 6.66. The fourth-order valence-corrected chi connectivity index (χ4v) is 2.89. The van der Waals surface area contributed by atoms with Gasteiger partial charge >= 0.3 is 0 Å². The van der Waals surface area contributed by atoms with E-state index in [2.05, 4.69) is 0 Å². The van der Waals surface area contributed by atoms with E-state index in [4.69, 9.17) is 0 Å². The largest absolute Gasteiger partial charge is 0.298 e. The van der Waals surface area contributed by atoms with Gasteiger partial charge in [-0.15, -0.1) is 0 Å². The van der Waals surface area contributed by atoms with Crippen molar-refractivity contribution < 1.29 is 14.6 Å². The highest BCUT2D eigenvalue weighted by molar-refractivity contribution is 5.91. The smallest absolute Gasteiger partial charge is 0.272 e. The minimum absolute atomic E-state index is 0.0271. The SMILES string of the molecule is Cc1ccc(C(C)C(=O)C(C)c2ccc(C)c([N+](=O)[O-])c2)cc1[N+](=O)[O-]. The molecule has 2 rings (SSSR count). The van der Waals surface area contributed by atoms with E-state index in [1.54, 1.807) is 52.0 Å². The Kier molecular flexibility index (Phi) is 5.50. The molecule has 0 saturated carbocycles. The number of hydrogen-bond acceptors (Lipinski definition) is 5. The van der Waals surface area contributed by atoms with Crippen LogP contribution in [0.15, 0.2) is 36.4 Å². The predicted octanol–water partition coefficient (Wildman–Crippen LogP) is 4.60. The first-order valence-corrected chi connectivity index (χ1v) is 8.17. The number of nitrogens with zero attached hydrogens (tertiary/aromatic N) is 2. The van der Waals surface area contributed by atoms with Crippen LogP contribution in [0.4, 0.5) is 11.4 Å². The van der Waals surface area contributed by atoms with Crippen LogP contribution in [-0.2, 0) is 4.79 Å². The van der Waals surface area contributed by atoms with Gasteiger partial charge in [-0.25, -0.2) is 0 Å². The van der Waals surface area contributed by atoms with E-state index in [1.807, 2.05) is 0 Å². The number of nitro groups is 2. The maximum Gasteiger partial charge on any atom is 0.272 e. The Balaban J connectivity index is 2.33. The minimum atomic E-state index is -0.565. The van der Waals surface area contributed by atoms with Crippen LogP contribution in [-0.4, -0.2) is 15.6 Å². The number of Topliss-reactive ketones (excluding diaryl/α,β-unsaturated/α-hetero) is 1. The van der Waals surface area contributed by atoms with Crippen molar-refractivity contribution in [3.05, 3.63) is 78.9 Å². The van der Waals surface area contributed by atoms with Crippen molar-refractivity contribution in [1.82, 2.24) is 0 Å². The molecule has 0 aliphatic rings. The second kappa shape index (κ2) is 7.43. The highest BCUT2D eigenvalue weighted by atomic mass is 16.6. The van der Waals surface area contributed by atoms with Gasteiger partial charge in [-0.05, 0) is 25.0 Å². The molecule has 136 valence electrons. The van der Waals surface area contributed by atoms with E-state index in [0.29, 0.717) is 22.3 Å². The van der Waals surface area contributed by atoms with Crippen molar-refractivity contribution in [2.45, 2.75) is 39.5 Å². The van der Waals surface area contributed by atoms with Gasteiger partial charge in [-0.1, -0.05) is 38.1 Å². The molecule has 0 aromatic heterocycles. The average molecular weight is 356 g/mol. The molecule has 2 aromatic rings. The molecule has 0 radical (unpaired) electrons. The normalized spacial score (nSPS) is 13.1. The Labute approximate surface area is 151 Å². The van der Waals surface area contributed by atoms with Crippen LogP contribution in [0, 0.1) is 34.1 Å². The van der Waals surface area contributed by atoms with Crippen molar-refractivity contribution in [1.29, 1.82) is 0 Å². The molecular weight excluding hydrogens is 336 g/mol. The summed E-state index contributed by atoms with van der Waals surface area (Å²) in [4.78, 5) is 34.1. The highest BCUT2D eigenvalue weighted by Crippen LogP contribution is 2.31. The van der Waals surface area contributed by atoms with Gasteiger partial charge in [-0.2, -0.15) is 0 Å². The fraction of sp³-hybridized carbons (Fsp3) is 0.316. The van der Waals surface area contributed by atoms with Gasteiger partial charge in [0.15, 0.2) is 0 Å². The Hall–Kier alpha value is -3.09. The topological polar surface area (TPSA) is 103 Å². The molecule has 2 atom stereocenters. The highest BCUT2D eigenvalue weighted by Gasteiger charge is 2.26. The molecule has 2 unspecified atom stereocenters. The zero-order valence-corrected chi connectivity index (χ0v) is 15.1. The summed E-state index contributed by atoms with van der Waals surface area (Å²) in [5, 5.41) is 22.2. The van der Waals surface area contributed by atoms with E-state index >= 15 is 0 Å². The summed E-state index contributed by atoms with van der Waals surface area (Å²) < 4.78 is 0. The van der Waals surface area contributed by atoms with Gasteiger partial charge in [0.1, 0.15) is 5.78 Å². The molecule has 7 heteroatoms. The van der Waals surface area contributed by atoms with Gasteiger partial charge in [0.2, 0.25) is 0 Å². The number of nitro benzene ring substituents is 2. The first kappa shape index (κ1) is 19.2. The van der Waals surface area contributed by atoms with E-state index in [-0.39, 0.29) is 17.2 Å². The van der Waals surface area contributed by atoms with Crippen LogP contribution >= 0.6 is 0 Å². The summed E-state index contributed by atoms with van der Waals surface area (Å²) in [6, 6.07) is 9.49. The van der Waals surface area contributed by atoms with Gasteiger partial charge in [0, 0.05) is 35.1 Å². The van der Waals surface area contributed by atoms with E-state index in [1.165, 1.54) is 12.1 Å². The molecule has 0 amide bonds. The number of carbonyl (C=O) groups is 1. The van der Waals surface area contributed by atoms with Crippen molar-refractivity contribution in [3.63, 3.8) is 0 Å². The van der Waals surface area contributed by atoms with Crippen LogP contribution in [0.1, 0.15) is 47.9 Å². The number of ketones is 1. The van der Waals surface area contributed by atoms with Crippen LogP contribution in [0.25, 0.3) is 0 Å². The Morgan fingerprint density at radius 2 is 1.15 bits per heavy atom. The molecule has 7 nitrogen and oxygen atoms in total. The average Bonchev–Trinajstić information content (AvgIpc) is 2.60. The summed E-state index contributed by atoms with van der Waals surface area (Å²) in [5.74, 6) is -1.28. The van der Waals surface area contributed by atoms with Crippen LogP contribution in [0.5, 0.6) is 0 Å². The maximum absolute atomic E-state index is 12.8. The van der Waals surface area contributed by atoms with Gasteiger partial charge < -0.3 is 0 Å². The third kappa shape index (κ3) is 3.77. The molecule has 0 heterocycles. The van der Waals surface area contributed by atoms with Crippen LogP contribution < -0.4 is 0 Å². The van der Waals surface area contributed by atoms with E-state index in [9.17, 15) is 25.0 Å². The Morgan fingerprint density at radius 3 is 1.46 bits per heavy atom. The quantitative estimate of drug-likeness (QED) is 0.556. The first-order chi connectivity index (χ1) is 12.1. The van der Waals surface area contributed by atoms with Gasteiger partial charge in [0.05, 0.1) is 9.85 Å². The number of aryl methyl sites for hydroxylation is 2. The van der Waals surface area contributed by atoms with E-state index < -0.39 is 21.7 Å². The summed E-state index contributed by atoms with van der Waals surface area (Å²) in [5.41, 5.74) is 2.12. The lowest BCUT2D eigenvalue weighted by Gasteiger charge is -2.17. The minimum Gasteiger partial charge on any atom is -0.298 e. The first-order valence-electron chi connectivity index (χ1n) is 8.17. The molecule has 0 aliphatic carbocycles. The molecule has 0 N–H and O–H groups in total. The molecular formula is C19H20N2O5. The number of hydrogen-bond donors (Lipinski definition) is 0. The number of rotatable bonds is 6. The summed E-state index contributed by atoms with van der Waals surface area (Å²) >= 11 is 0. The van der Waals surface area contributed by atoms with Crippen LogP contribution in [0.3, 0.4) is 0 Å². The third-order valence-corrected chi connectivity index (χ3v) is 4.71. The molecule has 0 spiro atoms. The fourth-order valence-electron chi connectivity index (χ4n) is 2.89. The van der Waals surface area contributed by atoms with Crippen LogP contribution in [0.2, 0.25) is 0 Å². The Morgan fingerprint density at radius 1 is 0.808 bits per heavy atom. The summed E-state index contributed by atoms with van der Waals surface area (Å²) in [7, 11) is 0. The zero-order chi connectivity index (χ0) is 19.6. The molecule has 0 saturated heterocycles. The van der Waals surface area contributed by atoms with Gasteiger partial charge in [-0.3, -0.25) is 25.0 Å². The maximum atomic E-state index is 12.8. The number of benzene rings is 2. The second-order valence-corrected chi connectivity index (χ2v) is 6.45. The second-order valence-electron chi connectivity index (χ2n) is 6.45. The van der Waals surface area contributed by atoms with E-state index in [0.717, 1.165) is 0 Å². The zero-order valence-electron chi connectivity index (χ0n) is 15.1. The molecule has 2 aromatic carbocycles. The predicted molar refractivity (Wildman–Crippen MR) is 97.5 cm³/mol. The van der Waals surface area contributed by atoms with Crippen molar-refractivity contribution in [2.75, 3.05) is 0 Å². The van der Waals surface area contributed by atoms with Crippen molar-refractivity contribution in [3.8, 4) is 0 Å². The molecule has 26 heavy (non-hydrogen) atoms. The standard InChI is InChI=1S/C19H20N2O5/c1-11-5-7-15(9-17(11)20(23)24)13(3)19(22)14(4)16-8-6-12(2)18(10-16)21(25)26/h5-10,13-14H,1-4H3. The summed E-state index contributed by atoms with van der Waals surface area (Å²) in [6.07, 6.45) is 0. The monoisotopic (exact) mass is 356 g/mol. The lowest BCUT2D eigenvalue weighted by molar-refractivity contribution is -0.385. The Bertz CT molecular complexity index is 820. The van der Waals surface area contributed by atoms with Gasteiger partial charge in [0.25, 0.3) is 11.4 Å². The van der Waals surface area contributed by atoms with Crippen molar-refractivity contribution >= 4 is 17.2 Å². The molecule has 0 aliphatic heterocycles. The molecule has 0 bridgehead atoms. The lowest BCUT2D eigenvalue weighted by Crippen LogP contribution is -2.17. The third-order valence-electron chi connectivity index (χ3n) is 4.71.